The fraction of sp³-hybridized carbons (Fsp3) is 0.136. The molecule has 0 saturated carbocycles. The van der Waals surface area contributed by atoms with E-state index in [1.807, 2.05) is 18.2 Å². The molecule has 3 aromatic rings. The van der Waals surface area contributed by atoms with Gasteiger partial charge in [-0.2, -0.15) is 0 Å². The molecule has 168 valence electrons. The van der Waals surface area contributed by atoms with Crippen LogP contribution < -0.4 is 14.8 Å². The van der Waals surface area contributed by atoms with E-state index in [0.717, 1.165) is 17.7 Å². The Bertz CT molecular complexity index is 1220. The Morgan fingerprint density at radius 1 is 1.06 bits per heavy atom. The molecule has 2 N–H and O–H groups in total. The number of ether oxygens (including phenoxy) is 1. The number of carbonyl (C=O) groups is 1. The third-order valence-corrected chi connectivity index (χ3v) is 6.24. The van der Waals surface area contributed by atoms with E-state index in [1.54, 1.807) is 19.1 Å². The minimum atomic E-state index is -3.87. The Morgan fingerprint density at radius 3 is 2.44 bits per heavy atom. The maximum atomic E-state index is 13.6. The fourth-order valence-electron chi connectivity index (χ4n) is 2.80. The summed E-state index contributed by atoms with van der Waals surface area (Å²) in [6, 6.07) is 15.1. The summed E-state index contributed by atoms with van der Waals surface area (Å²) < 4.78 is 59.7. The number of rotatable bonds is 8. The molecule has 0 unspecified atom stereocenters. The number of anilines is 1. The minimum Gasteiger partial charge on any atom is -0.482 e. The van der Waals surface area contributed by atoms with Gasteiger partial charge in [0.2, 0.25) is 10.0 Å². The lowest BCUT2D eigenvalue weighted by atomic mass is 10.1. The summed E-state index contributed by atoms with van der Waals surface area (Å²) in [5.74, 6) is -2.34. The van der Waals surface area contributed by atoms with E-state index in [9.17, 15) is 22.0 Å². The third kappa shape index (κ3) is 6.03. The Balaban J connectivity index is 1.63. The van der Waals surface area contributed by atoms with Gasteiger partial charge in [-0.1, -0.05) is 41.9 Å². The van der Waals surface area contributed by atoms with Gasteiger partial charge in [-0.25, -0.2) is 21.9 Å². The molecular weight excluding hydrogens is 462 g/mol. The highest BCUT2D eigenvalue weighted by molar-refractivity contribution is 7.89. The highest BCUT2D eigenvalue weighted by Gasteiger charge is 2.20. The van der Waals surface area contributed by atoms with E-state index in [2.05, 4.69) is 10.0 Å². The van der Waals surface area contributed by atoms with Crippen LogP contribution in [0.3, 0.4) is 0 Å². The lowest BCUT2D eigenvalue weighted by molar-refractivity contribution is -0.118. The van der Waals surface area contributed by atoms with Crippen molar-refractivity contribution in [3.8, 4) is 5.75 Å². The number of hydrogen-bond donors (Lipinski definition) is 2. The number of hydrogen-bond acceptors (Lipinski definition) is 4. The highest BCUT2D eigenvalue weighted by Crippen LogP contribution is 2.28. The van der Waals surface area contributed by atoms with Crippen molar-refractivity contribution in [2.75, 3.05) is 11.9 Å². The Labute approximate surface area is 189 Å². The summed E-state index contributed by atoms with van der Waals surface area (Å²) in [7, 11) is -3.87. The first-order valence-electron chi connectivity index (χ1n) is 9.40. The number of sulfonamides is 1. The van der Waals surface area contributed by atoms with Gasteiger partial charge >= 0.3 is 0 Å². The van der Waals surface area contributed by atoms with E-state index in [-0.39, 0.29) is 21.4 Å². The maximum Gasteiger partial charge on any atom is 0.262 e. The Hall–Kier alpha value is -3.01. The van der Waals surface area contributed by atoms with Crippen LogP contribution in [-0.2, 0) is 14.8 Å². The smallest absolute Gasteiger partial charge is 0.262 e. The molecule has 0 aliphatic carbocycles. The molecule has 6 nitrogen and oxygen atoms in total. The zero-order valence-corrected chi connectivity index (χ0v) is 18.4. The van der Waals surface area contributed by atoms with E-state index in [0.29, 0.717) is 6.07 Å². The maximum absolute atomic E-state index is 13.6. The summed E-state index contributed by atoms with van der Waals surface area (Å²) in [4.78, 5) is 11.9. The van der Waals surface area contributed by atoms with Crippen molar-refractivity contribution in [3.05, 3.63) is 89.0 Å². The van der Waals surface area contributed by atoms with Gasteiger partial charge in [-0.05, 0) is 42.8 Å². The van der Waals surface area contributed by atoms with Crippen LogP contribution in [0.4, 0.5) is 14.5 Å². The van der Waals surface area contributed by atoms with Gasteiger partial charge in [-0.15, -0.1) is 0 Å². The topological polar surface area (TPSA) is 84.5 Å². The first-order chi connectivity index (χ1) is 15.2. The van der Waals surface area contributed by atoms with Gasteiger partial charge in [0, 0.05) is 12.1 Å². The average molecular weight is 481 g/mol. The van der Waals surface area contributed by atoms with Crippen LogP contribution in [0.5, 0.6) is 5.75 Å². The highest BCUT2D eigenvalue weighted by atomic mass is 35.5. The molecule has 0 bridgehead atoms. The monoisotopic (exact) mass is 480 g/mol. The molecule has 0 aromatic heterocycles. The molecule has 1 atom stereocenters. The molecule has 0 heterocycles. The zero-order valence-electron chi connectivity index (χ0n) is 16.8. The van der Waals surface area contributed by atoms with Crippen LogP contribution >= 0.6 is 11.6 Å². The molecule has 3 rings (SSSR count). The predicted molar refractivity (Wildman–Crippen MR) is 117 cm³/mol. The molecule has 10 heteroatoms. The molecule has 0 aliphatic heterocycles. The van der Waals surface area contributed by atoms with Crippen molar-refractivity contribution >= 4 is 33.2 Å². The first kappa shape index (κ1) is 23.6. The van der Waals surface area contributed by atoms with Crippen LogP contribution in [0, 0.1) is 11.6 Å². The predicted octanol–water partition coefficient (Wildman–Crippen LogP) is 4.68. The van der Waals surface area contributed by atoms with Crippen molar-refractivity contribution in [2.45, 2.75) is 17.9 Å². The number of benzene rings is 3. The minimum absolute atomic E-state index is 0.0269. The van der Waals surface area contributed by atoms with Gasteiger partial charge in [0.25, 0.3) is 5.91 Å². The van der Waals surface area contributed by atoms with Crippen molar-refractivity contribution in [1.29, 1.82) is 0 Å². The number of nitrogens with one attached hydrogen (secondary N) is 2. The van der Waals surface area contributed by atoms with Crippen LogP contribution in [0.2, 0.25) is 5.02 Å². The van der Waals surface area contributed by atoms with Gasteiger partial charge in [0.05, 0.1) is 15.6 Å². The van der Waals surface area contributed by atoms with Crippen molar-refractivity contribution in [3.63, 3.8) is 0 Å². The molecule has 1 amide bonds. The molecule has 3 aromatic carbocycles. The van der Waals surface area contributed by atoms with E-state index >= 15 is 0 Å². The fourth-order valence-corrected chi connectivity index (χ4v) is 4.35. The van der Waals surface area contributed by atoms with Gasteiger partial charge in [0.1, 0.15) is 17.4 Å². The lowest BCUT2D eigenvalue weighted by Crippen LogP contribution is -2.27. The summed E-state index contributed by atoms with van der Waals surface area (Å²) in [6.45, 7) is 1.19. The average Bonchev–Trinajstić information content (AvgIpc) is 2.75. The second-order valence-electron chi connectivity index (χ2n) is 6.81. The summed E-state index contributed by atoms with van der Waals surface area (Å²) >= 11 is 6.12. The van der Waals surface area contributed by atoms with E-state index in [4.69, 9.17) is 16.3 Å². The van der Waals surface area contributed by atoms with Gasteiger partial charge in [-0.3, -0.25) is 4.79 Å². The number of halogens is 3. The van der Waals surface area contributed by atoms with Crippen LogP contribution in [0.25, 0.3) is 0 Å². The van der Waals surface area contributed by atoms with Crippen LogP contribution in [-0.4, -0.2) is 20.9 Å². The lowest BCUT2D eigenvalue weighted by Gasteiger charge is -2.15. The number of amides is 1. The SMILES string of the molecule is C[C@H](NS(=O)(=O)c1ccc(OCC(=O)Nc2ccc(F)cc2F)c(Cl)c1)c1ccccc1. The largest absolute Gasteiger partial charge is 0.482 e. The Kier molecular flexibility index (Phi) is 7.44. The molecule has 0 radical (unpaired) electrons. The van der Waals surface area contributed by atoms with Crippen LogP contribution in [0.1, 0.15) is 18.5 Å². The van der Waals surface area contributed by atoms with Crippen LogP contribution in [0.15, 0.2) is 71.6 Å². The van der Waals surface area contributed by atoms with Gasteiger partial charge < -0.3 is 10.1 Å². The quantitative estimate of drug-likeness (QED) is 0.490. The standard InChI is InChI=1S/C22H19ClF2N2O4S/c1-14(15-5-3-2-4-6-15)27-32(29,30)17-8-10-21(18(23)12-17)31-13-22(28)26-20-9-7-16(24)11-19(20)25/h2-12,14,27H,13H2,1H3,(H,26,28)/t14-/m0/s1. The summed E-state index contributed by atoms with van der Waals surface area (Å²) in [5.41, 5.74) is 0.594. The molecule has 32 heavy (non-hydrogen) atoms. The van der Waals surface area contributed by atoms with E-state index < -0.39 is 40.2 Å². The normalized spacial score (nSPS) is 12.2. The second-order valence-corrected chi connectivity index (χ2v) is 8.93. The van der Waals surface area contributed by atoms with Crippen molar-refractivity contribution in [2.24, 2.45) is 0 Å². The van der Waals surface area contributed by atoms with Gasteiger partial charge in [0.15, 0.2) is 6.61 Å². The summed E-state index contributed by atoms with van der Waals surface area (Å²) in [5, 5.41) is 2.22. The van der Waals surface area contributed by atoms with Crippen molar-refractivity contribution < 1.29 is 26.7 Å². The molecule has 0 saturated heterocycles. The first-order valence-corrected chi connectivity index (χ1v) is 11.3. The summed E-state index contributed by atoms with van der Waals surface area (Å²) in [6.07, 6.45) is 0. The molecule has 0 aliphatic rings. The van der Waals surface area contributed by atoms with E-state index in [1.165, 1.54) is 18.2 Å². The number of carbonyl (C=O) groups excluding carboxylic acids is 1. The molecule has 0 spiro atoms. The Morgan fingerprint density at radius 2 is 1.78 bits per heavy atom. The van der Waals surface area contributed by atoms with Crippen molar-refractivity contribution in [1.82, 2.24) is 4.72 Å². The zero-order chi connectivity index (χ0) is 23.3. The third-order valence-electron chi connectivity index (χ3n) is 4.41. The molecule has 0 fully saturated rings. The second kappa shape index (κ2) is 10.1. The molecular formula is C22H19ClF2N2O4S.